The zero-order valence-electron chi connectivity index (χ0n) is 12.5. The molecule has 0 saturated carbocycles. The van der Waals surface area contributed by atoms with Crippen LogP contribution in [0, 0.1) is 17.2 Å². The monoisotopic (exact) mass is 288 g/mol. The Morgan fingerprint density at radius 3 is 3.05 bits per heavy atom. The number of nitriles is 1. The van der Waals surface area contributed by atoms with Crippen LogP contribution in [0.1, 0.15) is 38.8 Å². The van der Waals surface area contributed by atoms with Crippen LogP contribution in [-0.2, 0) is 4.79 Å². The minimum atomic E-state index is -0.116. The molecule has 1 aromatic rings. The van der Waals surface area contributed by atoms with E-state index in [0.29, 0.717) is 25.4 Å². The molecule has 0 aromatic carbocycles. The number of carbonyl (C=O) groups excluding carboxylic acids is 1. The highest BCUT2D eigenvalue weighted by Crippen LogP contribution is 2.20. The topological polar surface area (TPSA) is 79.1 Å². The van der Waals surface area contributed by atoms with E-state index in [2.05, 4.69) is 23.8 Å². The number of likely N-dealkylation sites (tertiary alicyclic amines) is 1. The molecule has 0 spiro atoms. The minimum absolute atomic E-state index is 0.116. The summed E-state index contributed by atoms with van der Waals surface area (Å²) >= 11 is 0. The van der Waals surface area contributed by atoms with Gasteiger partial charge in [-0.1, -0.05) is 20.3 Å². The van der Waals surface area contributed by atoms with Gasteiger partial charge >= 0.3 is 0 Å². The molecular weight excluding hydrogens is 268 g/mol. The minimum Gasteiger partial charge on any atom is -0.470 e. The molecule has 1 aliphatic rings. The van der Waals surface area contributed by atoms with Gasteiger partial charge in [0.1, 0.15) is 12.2 Å². The first kappa shape index (κ1) is 15.2. The maximum absolute atomic E-state index is 12.1. The Morgan fingerprint density at radius 1 is 1.57 bits per heavy atom. The number of aromatic nitrogens is 2. The number of hydrogen-bond donors (Lipinski definition) is 0. The van der Waals surface area contributed by atoms with Gasteiger partial charge < -0.3 is 9.64 Å². The van der Waals surface area contributed by atoms with Gasteiger partial charge in [0, 0.05) is 31.8 Å². The lowest BCUT2D eigenvalue weighted by Crippen LogP contribution is -2.32. The molecule has 6 heteroatoms. The van der Waals surface area contributed by atoms with Gasteiger partial charge in [-0.2, -0.15) is 5.26 Å². The standard InChI is InChI=1S/C15H20N4O2/c1-3-11(2)8-14(20)19-7-4-12(10-19)21-15-13(9-16)17-5-6-18-15/h5-6,11-12H,3-4,7-8,10H2,1-2H3. The first-order valence-electron chi connectivity index (χ1n) is 7.29. The van der Waals surface area contributed by atoms with E-state index in [9.17, 15) is 4.79 Å². The molecule has 6 nitrogen and oxygen atoms in total. The molecule has 1 amide bonds. The van der Waals surface area contributed by atoms with Gasteiger partial charge in [0.25, 0.3) is 5.88 Å². The molecule has 2 heterocycles. The molecule has 1 aromatic heterocycles. The fourth-order valence-electron chi connectivity index (χ4n) is 2.27. The second kappa shape index (κ2) is 7.02. The Labute approximate surface area is 124 Å². The Bertz CT molecular complexity index is 541. The predicted molar refractivity (Wildman–Crippen MR) is 76.4 cm³/mol. The SMILES string of the molecule is CCC(C)CC(=O)N1CCC(Oc2nccnc2C#N)C1. The molecule has 0 radical (unpaired) electrons. The van der Waals surface area contributed by atoms with Crippen molar-refractivity contribution in [2.75, 3.05) is 13.1 Å². The largest absolute Gasteiger partial charge is 0.470 e. The summed E-state index contributed by atoms with van der Waals surface area (Å²) in [5, 5.41) is 8.96. The van der Waals surface area contributed by atoms with Crippen molar-refractivity contribution in [1.82, 2.24) is 14.9 Å². The van der Waals surface area contributed by atoms with Crippen molar-refractivity contribution >= 4 is 5.91 Å². The average Bonchev–Trinajstić information content (AvgIpc) is 2.96. The molecule has 0 N–H and O–H groups in total. The fraction of sp³-hybridized carbons (Fsp3) is 0.600. The highest BCUT2D eigenvalue weighted by molar-refractivity contribution is 5.76. The first-order valence-corrected chi connectivity index (χ1v) is 7.29. The summed E-state index contributed by atoms with van der Waals surface area (Å²) in [6.07, 6.45) is 5.18. The molecular formula is C15H20N4O2. The second-order valence-corrected chi connectivity index (χ2v) is 5.41. The summed E-state index contributed by atoms with van der Waals surface area (Å²) < 4.78 is 5.72. The smallest absolute Gasteiger partial charge is 0.251 e. The van der Waals surface area contributed by atoms with E-state index in [1.165, 1.54) is 12.4 Å². The van der Waals surface area contributed by atoms with Crippen LogP contribution in [0.2, 0.25) is 0 Å². The van der Waals surface area contributed by atoms with E-state index in [1.54, 1.807) is 0 Å². The molecule has 1 aliphatic heterocycles. The quantitative estimate of drug-likeness (QED) is 0.825. The average molecular weight is 288 g/mol. The van der Waals surface area contributed by atoms with Crippen molar-refractivity contribution in [3.8, 4) is 11.9 Å². The molecule has 0 aliphatic carbocycles. The summed E-state index contributed by atoms with van der Waals surface area (Å²) in [5.74, 6) is 0.832. The highest BCUT2D eigenvalue weighted by atomic mass is 16.5. The Kier molecular flexibility index (Phi) is 5.09. The van der Waals surface area contributed by atoms with Crippen LogP contribution in [0.5, 0.6) is 5.88 Å². The van der Waals surface area contributed by atoms with Gasteiger partial charge in [0.15, 0.2) is 0 Å². The van der Waals surface area contributed by atoms with E-state index in [1.807, 2.05) is 11.0 Å². The Morgan fingerprint density at radius 2 is 2.33 bits per heavy atom. The van der Waals surface area contributed by atoms with E-state index in [-0.39, 0.29) is 23.6 Å². The van der Waals surface area contributed by atoms with Crippen molar-refractivity contribution in [1.29, 1.82) is 5.26 Å². The van der Waals surface area contributed by atoms with Crippen LogP contribution in [0.25, 0.3) is 0 Å². The lowest BCUT2D eigenvalue weighted by Gasteiger charge is -2.18. The van der Waals surface area contributed by atoms with Crippen molar-refractivity contribution in [3.05, 3.63) is 18.1 Å². The fourth-order valence-corrected chi connectivity index (χ4v) is 2.27. The third-order valence-corrected chi connectivity index (χ3v) is 3.77. The number of ether oxygens (including phenoxy) is 1. The number of rotatable bonds is 5. The van der Waals surface area contributed by atoms with Crippen LogP contribution in [0.3, 0.4) is 0 Å². The lowest BCUT2D eigenvalue weighted by atomic mass is 10.0. The maximum Gasteiger partial charge on any atom is 0.251 e. The summed E-state index contributed by atoms with van der Waals surface area (Å²) in [4.78, 5) is 21.9. The summed E-state index contributed by atoms with van der Waals surface area (Å²) in [5.41, 5.74) is 0.182. The van der Waals surface area contributed by atoms with Gasteiger partial charge in [0.05, 0.1) is 6.54 Å². The normalized spacial score (nSPS) is 19.1. The zero-order chi connectivity index (χ0) is 15.2. The highest BCUT2D eigenvalue weighted by Gasteiger charge is 2.28. The Hall–Kier alpha value is -2.16. The maximum atomic E-state index is 12.1. The van der Waals surface area contributed by atoms with Crippen molar-refractivity contribution in [2.45, 2.75) is 39.2 Å². The van der Waals surface area contributed by atoms with Gasteiger partial charge in [-0.15, -0.1) is 0 Å². The van der Waals surface area contributed by atoms with E-state index < -0.39 is 0 Å². The molecule has 21 heavy (non-hydrogen) atoms. The summed E-state index contributed by atoms with van der Waals surface area (Å²) in [6, 6.07) is 1.96. The molecule has 1 saturated heterocycles. The third kappa shape index (κ3) is 3.91. The van der Waals surface area contributed by atoms with E-state index in [4.69, 9.17) is 10.00 Å². The second-order valence-electron chi connectivity index (χ2n) is 5.41. The van der Waals surface area contributed by atoms with Crippen LogP contribution in [0.4, 0.5) is 0 Å². The number of nitrogens with zero attached hydrogens (tertiary/aromatic N) is 4. The molecule has 2 atom stereocenters. The van der Waals surface area contributed by atoms with Gasteiger partial charge in [-0.25, -0.2) is 9.97 Å². The lowest BCUT2D eigenvalue weighted by molar-refractivity contribution is -0.131. The first-order chi connectivity index (χ1) is 10.1. The predicted octanol–water partition coefficient (Wildman–Crippen LogP) is 1.76. The van der Waals surface area contributed by atoms with Crippen LogP contribution in [0.15, 0.2) is 12.4 Å². The van der Waals surface area contributed by atoms with Gasteiger partial charge in [-0.3, -0.25) is 4.79 Å². The number of hydrogen-bond acceptors (Lipinski definition) is 5. The van der Waals surface area contributed by atoms with Gasteiger partial charge in [-0.05, 0) is 5.92 Å². The summed E-state index contributed by atoms with van der Waals surface area (Å²) in [7, 11) is 0. The van der Waals surface area contributed by atoms with Crippen molar-refractivity contribution in [3.63, 3.8) is 0 Å². The molecule has 2 rings (SSSR count). The Balaban J connectivity index is 1.91. The van der Waals surface area contributed by atoms with Crippen LogP contribution >= 0.6 is 0 Å². The van der Waals surface area contributed by atoms with Crippen LogP contribution < -0.4 is 4.74 Å². The van der Waals surface area contributed by atoms with Crippen LogP contribution in [-0.4, -0.2) is 40.0 Å². The molecule has 2 unspecified atom stereocenters. The zero-order valence-corrected chi connectivity index (χ0v) is 12.5. The summed E-state index contributed by atoms with van der Waals surface area (Å²) in [6.45, 7) is 5.42. The number of carbonyl (C=O) groups is 1. The molecule has 112 valence electrons. The van der Waals surface area contributed by atoms with Gasteiger partial charge in [0.2, 0.25) is 11.6 Å². The van der Waals surface area contributed by atoms with Crippen molar-refractivity contribution < 1.29 is 9.53 Å². The number of amides is 1. The van der Waals surface area contributed by atoms with E-state index in [0.717, 1.165) is 12.8 Å². The molecule has 1 fully saturated rings. The molecule has 0 bridgehead atoms. The van der Waals surface area contributed by atoms with Crippen molar-refractivity contribution in [2.24, 2.45) is 5.92 Å². The van der Waals surface area contributed by atoms with E-state index >= 15 is 0 Å². The third-order valence-electron chi connectivity index (χ3n) is 3.77.